The molecule has 2 aromatic carbocycles. The first-order valence-electron chi connectivity index (χ1n) is 5.61. The fraction of sp³-hybridized carbons (Fsp3) is 0.143. The van der Waals surface area contributed by atoms with Crippen molar-refractivity contribution in [2.24, 2.45) is 5.73 Å². The zero-order valence-electron chi connectivity index (χ0n) is 9.70. The van der Waals surface area contributed by atoms with Crippen LogP contribution in [0.2, 0.25) is 0 Å². The van der Waals surface area contributed by atoms with E-state index < -0.39 is 0 Å². The van der Waals surface area contributed by atoms with E-state index in [0.717, 1.165) is 21.4 Å². The molecule has 2 N–H and O–H groups in total. The predicted molar refractivity (Wildman–Crippen MR) is 77.4 cm³/mol. The molecule has 0 saturated heterocycles. The molecule has 2 rings (SSSR count). The van der Waals surface area contributed by atoms with Crippen LogP contribution < -0.4 is 5.73 Å². The summed E-state index contributed by atoms with van der Waals surface area (Å²) in [6.45, 7) is 0.585. The third-order valence-electron chi connectivity index (χ3n) is 2.49. The van der Waals surface area contributed by atoms with E-state index in [1.165, 1.54) is 17.8 Å². The molecule has 0 heterocycles. The SMILES string of the molecule is NCCc1cc(Br)ccc1Sc1ccccc1F. The Bertz CT molecular complexity index is 545. The summed E-state index contributed by atoms with van der Waals surface area (Å²) in [5.41, 5.74) is 6.74. The highest BCUT2D eigenvalue weighted by Gasteiger charge is 2.07. The Morgan fingerprint density at radius 1 is 1.11 bits per heavy atom. The van der Waals surface area contributed by atoms with Gasteiger partial charge in [-0.1, -0.05) is 39.8 Å². The van der Waals surface area contributed by atoms with Gasteiger partial charge in [-0.05, 0) is 48.9 Å². The van der Waals surface area contributed by atoms with Crippen LogP contribution in [0.25, 0.3) is 0 Å². The highest BCUT2D eigenvalue weighted by atomic mass is 79.9. The van der Waals surface area contributed by atoms with Gasteiger partial charge in [-0.2, -0.15) is 0 Å². The normalized spacial score (nSPS) is 10.6. The van der Waals surface area contributed by atoms with Crippen molar-refractivity contribution >= 4 is 27.7 Å². The average Bonchev–Trinajstić information content (AvgIpc) is 2.35. The third kappa shape index (κ3) is 3.34. The molecule has 18 heavy (non-hydrogen) atoms. The van der Waals surface area contributed by atoms with Crippen molar-refractivity contribution in [3.63, 3.8) is 0 Å². The molecule has 0 aliphatic rings. The summed E-state index contributed by atoms with van der Waals surface area (Å²) in [6.07, 6.45) is 0.788. The van der Waals surface area contributed by atoms with Gasteiger partial charge in [0.25, 0.3) is 0 Å². The van der Waals surface area contributed by atoms with Crippen molar-refractivity contribution in [1.82, 2.24) is 0 Å². The van der Waals surface area contributed by atoms with Gasteiger partial charge in [-0.15, -0.1) is 0 Å². The van der Waals surface area contributed by atoms with Crippen molar-refractivity contribution in [2.45, 2.75) is 16.2 Å². The standard InChI is InChI=1S/C14H13BrFNS/c15-11-5-6-13(10(9-11)7-8-17)18-14-4-2-1-3-12(14)16/h1-6,9H,7-8,17H2. The largest absolute Gasteiger partial charge is 0.330 e. The molecule has 0 aromatic heterocycles. The van der Waals surface area contributed by atoms with Gasteiger partial charge in [0.15, 0.2) is 0 Å². The van der Waals surface area contributed by atoms with Crippen LogP contribution in [0, 0.1) is 5.82 Å². The number of hydrogen-bond acceptors (Lipinski definition) is 2. The van der Waals surface area contributed by atoms with Gasteiger partial charge in [0.05, 0.1) is 0 Å². The van der Waals surface area contributed by atoms with Crippen molar-refractivity contribution < 1.29 is 4.39 Å². The molecule has 0 radical (unpaired) electrons. The summed E-state index contributed by atoms with van der Waals surface area (Å²) < 4.78 is 14.6. The van der Waals surface area contributed by atoms with Gasteiger partial charge in [0.1, 0.15) is 5.82 Å². The highest BCUT2D eigenvalue weighted by molar-refractivity contribution is 9.10. The van der Waals surface area contributed by atoms with Gasteiger partial charge in [-0.3, -0.25) is 0 Å². The second kappa shape index (κ2) is 6.36. The van der Waals surface area contributed by atoms with E-state index in [1.54, 1.807) is 12.1 Å². The number of hydrogen-bond donors (Lipinski definition) is 1. The lowest BCUT2D eigenvalue weighted by atomic mass is 10.1. The maximum Gasteiger partial charge on any atom is 0.137 e. The fourth-order valence-corrected chi connectivity index (χ4v) is 3.03. The minimum Gasteiger partial charge on any atom is -0.330 e. The van der Waals surface area contributed by atoms with E-state index in [2.05, 4.69) is 15.9 Å². The lowest BCUT2D eigenvalue weighted by Gasteiger charge is -2.09. The fourth-order valence-electron chi connectivity index (χ4n) is 1.64. The first kappa shape index (κ1) is 13.6. The van der Waals surface area contributed by atoms with E-state index >= 15 is 0 Å². The molecule has 0 aliphatic heterocycles. The quantitative estimate of drug-likeness (QED) is 0.909. The van der Waals surface area contributed by atoms with E-state index in [4.69, 9.17) is 5.73 Å². The number of nitrogens with two attached hydrogens (primary N) is 1. The van der Waals surface area contributed by atoms with E-state index in [1.807, 2.05) is 24.3 Å². The van der Waals surface area contributed by atoms with E-state index in [9.17, 15) is 4.39 Å². The Hall–Kier alpha value is -0.840. The molecular weight excluding hydrogens is 313 g/mol. The monoisotopic (exact) mass is 325 g/mol. The molecule has 0 atom stereocenters. The summed E-state index contributed by atoms with van der Waals surface area (Å²) in [4.78, 5) is 1.69. The van der Waals surface area contributed by atoms with Crippen LogP contribution in [0.4, 0.5) is 4.39 Å². The second-order valence-electron chi connectivity index (χ2n) is 3.82. The Morgan fingerprint density at radius 2 is 1.89 bits per heavy atom. The molecule has 4 heteroatoms. The Balaban J connectivity index is 2.31. The number of rotatable bonds is 4. The minimum absolute atomic E-state index is 0.191. The molecule has 94 valence electrons. The van der Waals surface area contributed by atoms with Gasteiger partial charge >= 0.3 is 0 Å². The molecule has 0 unspecified atom stereocenters. The van der Waals surface area contributed by atoms with Crippen molar-refractivity contribution in [3.05, 3.63) is 58.3 Å². The van der Waals surface area contributed by atoms with Crippen LogP contribution in [-0.2, 0) is 6.42 Å². The summed E-state index contributed by atoms with van der Waals surface area (Å²) in [7, 11) is 0. The third-order valence-corrected chi connectivity index (χ3v) is 4.16. The maximum atomic E-state index is 13.6. The zero-order valence-corrected chi connectivity index (χ0v) is 12.1. The summed E-state index contributed by atoms with van der Waals surface area (Å²) >= 11 is 4.88. The minimum atomic E-state index is -0.191. The number of benzene rings is 2. The summed E-state index contributed by atoms with van der Waals surface area (Å²) in [5, 5.41) is 0. The molecule has 0 aliphatic carbocycles. The molecule has 0 fully saturated rings. The number of halogens is 2. The zero-order chi connectivity index (χ0) is 13.0. The van der Waals surface area contributed by atoms with Crippen LogP contribution in [-0.4, -0.2) is 6.54 Å². The molecular formula is C14H13BrFNS. The maximum absolute atomic E-state index is 13.6. The molecule has 0 amide bonds. The Kier molecular flexibility index (Phi) is 4.80. The predicted octanol–water partition coefficient (Wildman–Crippen LogP) is 4.24. The topological polar surface area (TPSA) is 26.0 Å². The van der Waals surface area contributed by atoms with E-state index in [-0.39, 0.29) is 5.82 Å². The van der Waals surface area contributed by atoms with Gasteiger partial charge in [0, 0.05) is 14.3 Å². The smallest absolute Gasteiger partial charge is 0.137 e. The van der Waals surface area contributed by atoms with Crippen molar-refractivity contribution in [3.8, 4) is 0 Å². The van der Waals surface area contributed by atoms with Crippen LogP contribution in [0.1, 0.15) is 5.56 Å². The molecule has 0 bridgehead atoms. The highest BCUT2D eigenvalue weighted by Crippen LogP contribution is 2.33. The van der Waals surface area contributed by atoms with Gasteiger partial charge in [-0.25, -0.2) is 4.39 Å². The first-order valence-corrected chi connectivity index (χ1v) is 7.22. The lowest BCUT2D eigenvalue weighted by molar-refractivity contribution is 0.602. The van der Waals surface area contributed by atoms with Gasteiger partial charge in [0.2, 0.25) is 0 Å². The summed E-state index contributed by atoms with van der Waals surface area (Å²) in [5.74, 6) is -0.191. The summed E-state index contributed by atoms with van der Waals surface area (Å²) in [6, 6.07) is 12.8. The van der Waals surface area contributed by atoms with Gasteiger partial charge < -0.3 is 5.73 Å². The van der Waals surface area contributed by atoms with Crippen molar-refractivity contribution in [1.29, 1.82) is 0 Å². The molecule has 1 nitrogen and oxygen atoms in total. The Labute approximate surface area is 119 Å². The first-order chi connectivity index (χ1) is 8.70. The van der Waals surface area contributed by atoms with Crippen molar-refractivity contribution in [2.75, 3.05) is 6.54 Å². The lowest BCUT2D eigenvalue weighted by Crippen LogP contribution is -2.03. The van der Waals surface area contributed by atoms with Crippen LogP contribution >= 0.6 is 27.7 Å². The van der Waals surface area contributed by atoms with Crippen LogP contribution in [0.3, 0.4) is 0 Å². The molecule has 0 saturated carbocycles. The molecule has 0 spiro atoms. The van der Waals surface area contributed by atoms with Crippen LogP contribution in [0.5, 0.6) is 0 Å². The van der Waals surface area contributed by atoms with E-state index in [0.29, 0.717) is 11.4 Å². The molecule has 2 aromatic rings. The Morgan fingerprint density at radius 3 is 2.61 bits per heavy atom. The second-order valence-corrected chi connectivity index (χ2v) is 5.82. The van der Waals surface area contributed by atoms with Crippen LogP contribution in [0.15, 0.2) is 56.7 Å². The average molecular weight is 326 g/mol.